The summed E-state index contributed by atoms with van der Waals surface area (Å²) in [7, 11) is 0. The standard InChI is InChI=1S/C14H9Br2Cl2F/c1-7-4-10(12(17)6-13(7)19)14(18)9-3-2-8(15)5-11(9)16/h2-6,14H,1H3. The van der Waals surface area contributed by atoms with Gasteiger partial charge in [0.25, 0.3) is 0 Å². The first kappa shape index (κ1) is 15.3. The number of rotatable bonds is 2. The van der Waals surface area contributed by atoms with Gasteiger partial charge in [-0.05, 0) is 47.9 Å². The first-order valence-electron chi connectivity index (χ1n) is 5.44. The highest BCUT2D eigenvalue weighted by molar-refractivity contribution is 9.11. The van der Waals surface area contributed by atoms with Crippen LogP contribution >= 0.6 is 55.1 Å². The molecule has 0 aliphatic rings. The molecule has 5 heteroatoms. The smallest absolute Gasteiger partial charge is 0.127 e. The second-order valence-electron chi connectivity index (χ2n) is 4.15. The third kappa shape index (κ3) is 3.33. The highest BCUT2D eigenvalue weighted by Crippen LogP contribution is 2.38. The maximum Gasteiger partial charge on any atom is 0.127 e. The lowest BCUT2D eigenvalue weighted by Crippen LogP contribution is -1.98. The van der Waals surface area contributed by atoms with Crippen LogP contribution in [-0.2, 0) is 0 Å². The van der Waals surface area contributed by atoms with Crippen molar-refractivity contribution >= 4 is 55.1 Å². The van der Waals surface area contributed by atoms with Crippen molar-refractivity contribution in [2.45, 2.75) is 12.3 Å². The van der Waals surface area contributed by atoms with Crippen LogP contribution in [0.2, 0.25) is 5.02 Å². The van der Waals surface area contributed by atoms with Gasteiger partial charge in [0, 0.05) is 14.0 Å². The molecule has 0 fully saturated rings. The van der Waals surface area contributed by atoms with E-state index in [0.29, 0.717) is 16.1 Å². The number of aryl methyl sites for hydroxylation is 1. The summed E-state index contributed by atoms with van der Waals surface area (Å²) in [5.74, 6) is -0.326. The van der Waals surface area contributed by atoms with E-state index in [2.05, 4.69) is 31.9 Å². The number of halogens is 5. The molecule has 2 rings (SSSR count). The second-order valence-corrected chi connectivity index (χ2v) is 6.76. The van der Waals surface area contributed by atoms with Crippen molar-refractivity contribution in [3.8, 4) is 0 Å². The molecular formula is C14H9Br2Cl2F. The minimum atomic E-state index is -0.436. The van der Waals surface area contributed by atoms with Crippen molar-refractivity contribution in [3.63, 3.8) is 0 Å². The number of hydrogen-bond donors (Lipinski definition) is 0. The zero-order valence-corrected chi connectivity index (χ0v) is 14.5. The fourth-order valence-electron chi connectivity index (χ4n) is 1.75. The molecule has 0 bridgehead atoms. The van der Waals surface area contributed by atoms with Crippen LogP contribution in [0.15, 0.2) is 39.3 Å². The van der Waals surface area contributed by atoms with Crippen LogP contribution < -0.4 is 0 Å². The summed E-state index contributed by atoms with van der Waals surface area (Å²) < 4.78 is 15.2. The van der Waals surface area contributed by atoms with Gasteiger partial charge in [-0.2, -0.15) is 0 Å². The summed E-state index contributed by atoms with van der Waals surface area (Å²) in [6, 6.07) is 8.70. The molecule has 0 aromatic heterocycles. The number of hydrogen-bond acceptors (Lipinski definition) is 0. The van der Waals surface area contributed by atoms with Gasteiger partial charge in [-0.15, -0.1) is 11.6 Å². The van der Waals surface area contributed by atoms with E-state index in [4.69, 9.17) is 23.2 Å². The average molecular weight is 427 g/mol. The van der Waals surface area contributed by atoms with Crippen molar-refractivity contribution in [1.82, 2.24) is 0 Å². The molecule has 0 aliphatic heterocycles. The molecule has 0 saturated heterocycles. The van der Waals surface area contributed by atoms with Gasteiger partial charge >= 0.3 is 0 Å². The Morgan fingerprint density at radius 1 is 1.11 bits per heavy atom. The fraction of sp³-hybridized carbons (Fsp3) is 0.143. The Morgan fingerprint density at radius 3 is 2.42 bits per heavy atom. The lowest BCUT2D eigenvalue weighted by atomic mass is 10.0. The van der Waals surface area contributed by atoms with E-state index in [1.165, 1.54) is 6.07 Å². The Balaban J connectivity index is 2.49. The van der Waals surface area contributed by atoms with Gasteiger partial charge in [-0.25, -0.2) is 4.39 Å². The van der Waals surface area contributed by atoms with Crippen LogP contribution in [0.1, 0.15) is 22.1 Å². The Bertz CT molecular complexity index is 629. The maximum absolute atomic E-state index is 13.4. The lowest BCUT2D eigenvalue weighted by molar-refractivity contribution is 0.618. The lowest BCUT2D eigenvalue weighted by Gasteiger charge is -2.15. The van der Waals surface area contributed by atoms with Crippen LogP contribution in [0.5, 0.6) is 0 Å². The third-order valence-corrected chi connectivity index (χ3v) is 4.76. The molecule has 0 nitrogen and oxygen atoms in total. The van der Waals surface area contributed by atoms with Gasteiger partial charge in [0.2, 0.25) is 0 Å². The number of alkyl halides is 1. The molecule has 1 unspecified atom stereocenters. The van der Waals surface area contributed by atoms with E-state index in [0.717, 1.165) is 14.5 Å². The first-order valence-corrected chi connectivity index (χ1v) is 7.84. The largest absolute Gasteiger partial charge is 0.207 e. The average Bonchev–Trinajstić information content (AvgIpc) is 2.33. The summed E-state index contributed by atoms with van der Waals surface area (Å²) in [6.07, 6.45) is 0. The van der Waals surface area contributed by atoms with Crippen molar-refractivity contribution < 1.29 is 4.39 Å². The monoisotopic (exact) mass is 424 g/mol. The Labute approximate surface area is 138 Å². The van der Waals surface area contributed by atoms with E-state index in [1.54, 1.807) is 13.0 Å². The molecule has 19 heavy (non-hydrogen) atoms. The molecule has 0 radical (unpaired) electrons. The fourth-order valence-corrected chi connectivity index (χ4v) is 3.84. The molecule has 0 heterocycles. The van der Waals surface area contributed by atoms with Crippen molar-refractivity contribution in [2.24, 2.45) is 0 Å². The summed E-state index contributed by atoms with van der Waals surface area (Å²) in [6.45, 7) is 1.69. The van der Waals surface area contributed by atoms with Crippen molar-refractivity contribution in [3.05, 3.63) is 66.8 Å². The zero-order chi connectivity index (χ0) is 14.2. The summed E-state index contributed by atoms with van der Waals surface area (Å²) >= 11 is 19.4. The zero-order valence-electron chi connectivity index (χ0n) is 9.85. The number of benzene rings is 2. The van der Waals surface area contributed by atoms with Gasteiger partial charge in [0.1, 0.15) is 5.82 Å². The van der Waals surface area contributed by atoms with Gasteiger partial charge in [0.05, 0.1) is 5.38 Å². The van der Waals surface area contributed by atoms with Gasteiger partial charge < -0.3 is 0 Å². The minimum Gasteiger partial charge on any atom is -0.207 e. The van der Waals surface area contributed by atoms with Gasteiger partial charge in [-0.3, -0.25) is 0 Å². The normalized spacial score (nSPS) is 12.5. The predicted molar refractivity (Wildman–Crippen MR) is 85.7 cm³/mol. The molecule has 0 amide bonds. The summed E-state index contributed by atoms with van der Waals surface area (Å²) in [5, 5.41) is -0.104. The van der Waals surface area contributed by atoms with E-state index < -0.39 is 5.38 Å². The molecule has 2 aromatic rings. The quantitative estimate of drug-likeness (QED) is 0.472. The molecule has 100 valence electrons. The van der Waals surface area contributed by atoms with Crippen LogP contribution in [-0.4, -0.2) is 0 Å². The van der Waals surface area contributed by atoms with E-state index in [1.807, 2.05) is 18.2 Å². The molecular weight excluding hydrogens is 418 g/mol. The Morgan fingerprint density at radius 2 is 1.79 bits per heavy atom. The molecule has 1 atom stereocenters. The third-order valence-electron chi connectivity index (χ3n) is 2.79. The second kappa shape index (κ2) is 6.13. The molecule has 0 saturated carbocycles. The summed E-state index contributed by atoms with van der Waals surface area (Å²) in [5.41, 5.74) is 2.11. The molecule has 0 aliphatic carbocycles. The van der Waals surface area contributed by atoms with Crippen molar-refractivity contribution in [2.75, 3.05) is 0 Å². The van der Waals surface area contributed by atoms with Crippen LogP contribution in [0, 0.1) is 12.7 Å². The van der Waals surface area contributed by atoms with Crippen LogP contribution in [0.4, 0.5) is 4.39 Å². The maximum atomic E-state index is 13.4. The van der Waals surface area contributed by atoms with Crippen LogP contribution in [0.25, 0.3) is 0 Å². The topological polar surface area (TPSA) is 0 Å². The Hall–Kier alpha value is -0.0900. The van der Waals surface area contributed by atoms with E-state index in [9.17, 15) is 4.39 Å². The minimum absolute atomic E-state index is 0.326. The van der Waals surface area contributed by atoms with Crippen molar-refractivity contribution in [1.29, 1.82) is 0 Å². The van der Waals surface area contributed by atoms with E-state index in [-0.39, 0.29) is 5.82 Å². The van der Waals surface area contributed by atoms with Crippen LogP contribution in [0.3, 0.4) is 0 Å². The highest BCUT2D eigenvalue weighted by atomic mass is 79.9. The SMILES string of the molecule is Cc1cc(C(Cl)c2ccc(Br)cc2Br)c(Cl)cc1F. The van der Waals surface area contributed by atoms with E-state index >= 15 is 0 Å². The molecule has 2 aromatic carbocycles. The van der Waals surface area contributed by atoms with Gasteiger partial charge in [0.15, 0.2) is 0 Å². The summed E-state index contributed by atoms with van der Waals surface area (Å²) in [4.78, 5) is 0. The predicted octanol–water partition coefficient (Wildman–Crippen LogP) is 6.64. The highest BCUT2D eigenvalue weighted by Gasteiger charge is 2.18. The Kier molecular flexibility index (Phi) is 4.93. The van der Waals surface area contributed by atoms with Gasteiger partial charge in [-0.1, -0.05) is 49.5 Å². The molecule has 0 spiro atoms. The molecule has 0 N–H and O–H groups in total. The first-order chi connectivity index (χ1) is 8.90.